The van der Waals surface area contributed by atoms with Gasteiger partial charge in [0.05, 0.1) is 16.7 Å². The van der Waals surface area contributed by atoms with Crippen LogP contribution < -0.4 is 14.8 Å². The number of aryl methyl sites for hydroxylation is 2. The molecule has 0 atom stereocenters. The summed E-state index contributed by atoms with van der Waals surface area (Å²) < 4.78 is 33.7. The lowest BCUT2D eigenvalue weighted by atomic mass is 10.1. The van der Waals surface area contributed by atoms with Gasteiger partial charge in [-0.05, 0) is 75.2 Å². The fraction of sp³-hybridized carbons (Fsp3) is 0.240. The number of hydrogen-bond donors (Lipinski definition) is 2. The lowest BCUT2D eigenvalue weighted by molar-refractivity contribution is 0.0951. The van der Waals surface area contributed by atoms with Crippen molar-refractivity contribution in [3.63, 3.8) is 0 Å². The monoisotopic (exact) mass is 452 g/mol. The van der Waals surface area contributed by atoms with Crippen molar-refractivity contribution in [1.29, 1.82) is 0 Å². The van der Waals surface area contributed by atoms with Crippen LogP contribution in [0.4, 0.5) is 5.69 Å². The summed E-state index contributed by atoms with van der Waals surface area (Å²) in [6.45, 7) is 7.95. The molecule has 3 rings (SSSR count). The Bertz CT molecular complexity index is 1190. The summed E-state index contributed by atoms with van der Waals surface area (Å²) in [5.74, 6) is 0.488. The van der Waals surface area contributed by atoms with Gasteiger partial charge in [-0.2, -0.15) is 0 Å². The van der Waals surface area contributed by atoms with Gasteiger partial charge in [0.2, 0.25) is 0 Å². The van der Waals surface area contributed by atoms with Gasteiger partial charge in [-0.1, -0.05) is 35.9 Å². The van der Waals surface area contributed by atoms with Crippen LogP contribution in [0.3, 0.4) is 0 Å². The summed E-state index contributed by atoms with van der Waals surface area (Å²) >= 11 is 0. The minimum absolute atomic E-state index is 0.0970. The fourth-order valence-electron chi connectivity index (χ4n) is 3.04. The molecule has 0 saturated carbocycles. The second-order valence-corrected chi connectivity index (χ2v) is 9.62. The van der Waals surface area contributed by atoms with E-state index in [1.807, 2.05) is 45.0 Å². The lowest BCUT2D eigenvalue weighted by Gasteiger charge is -2.13. The van der Waals surface area contributed by atoms with Gasteiger partial charge in [-0.15, -0.1) is 0 Å². The number of sulfonamides is 1. The van der Waals surface area contributed by atoms with Gasteiger partial charge in [-0.3, -0.25) is 9.52 Å². The SMILES string of the molecule is Cc1ccc(S(=O)(=O)Nc2cc(C(=O)NCc3ccc(OC(C)C)cc3)ccc2C)cc1. The zero-order chi connectivity index (χ0) is 23.3. The standard InChI is InChI=1S/C25H28N2O4S/c1-17(2)31-22-11-8-20(9-12-22)16-26-25(28)21-10-7-19(4)24(15-21)27-32(29,30)23-13-5-18(3)6-14-23/h5-15,17,27H,16H2,1-4H3,(H,26,28). The number of amides is 1. The van der Waals surface area contributed by atoms with Crippen molar-refractivity contribution in [2.24, 2.45) is 0 Å². The molecule has 32 heavy (non-hydrogen) atoms. The molecular formula is C25H28N2O4S. The number of carbonyl (C=O) groups excluding carboxylic acids is 1. The molecule has 0 aromatic heterocycles. The van der Waals surface area contributed by atoms with Gasteiger partial charge in [0.1, 0.15) is 5.75 Å². The van der Waals surface area contributed by atoms with Crippen molar-refractivity contribution >= 4 is 21.6 Å². The third-order valence-electron chi connectivity index (χ3n) is 4.82. The predicted octanol–water partition coefficient (Wildman–Crippen LogP) is 4.82. The summed E-state index contributed by atoms with van der Waals surface area (Å²) in [5.41, 5.74) is 3.37. The lowest BCUT2D eigenvalue weighted by Crippen LogP contribution is -2.23. The Morgan fingerprint density at radius 1 is 0.938 bits per heavy atom. The van der Waals surface area contributed by atoms with E-state index in [1.165, 1.54) is 0 Å². The Hall–Kier alpha value is -3.32. The van der Waals surface area contributed by atoms with E-state index < -0.39 is 10.0 Å². The Kier molecular flexibility index (Phi) is 7.20. The van der Waals surface area contributed by atoms with Crippen molar-refractivity contribution in [3.8, 4) is 5.75 Å². The highest BCUT2D eigenvalue weighted by Crippen LogP contribution is 2.22. The van der Waals surface area contributed by atoms with E-state index >= 15 is 0 Å². The van der Waals surface area contributed by atoms with Crippen LogP contribution in [0, 0.1) is 13.8 Å². The molecule has 0 aliphatic carbocycles. The molecule has 0 fully saturated rings. The van der Waals surface area contributed by atoms with Gasteiger partial charge in [0.25, 0.3) is 15.9 Å². The number of anilines is 1. The smallest absolute Gasteiger partial charge is 0.261 e. The van der Waals surface area contributed by atoms with Gasteiger partial charge < -0.3 is 10.1 Å². The zero-order valence-corrected chi connectivity index (χ0v) is 19.5. The van der Waals surface area contributed by atoms with E-state index in [-0.39, 0.29) is 16.9 Å². The van der Waals surface area contributed by atoms with Crippen LogP contribution in [0.1, 0.15) is 40.9 Å². The number of hydrogen-bond acceptors (Lipinski definition) is 4. The van der Waals surface area contributed by atoms with Gasteiger partial charge in [0.15, 0.2) is 0 Å². The topological polar surface area (TPSA) is 84.5 Å². The Morgan fingerprint density at radius 3 is 2.22 bits per heavy atom. The predicted molar refractivity (Wildman–Crippen MR) is 127 cm³/mol. The largest absolute Gasteiger partial charge is 0.491 e. The molecule has 0 bridgehead atoms. The first-order chi connectivity index (χ1) is 15.1. The average Bonchev–Trinajstić information content (AvgIpc) is 2.74. The molecule has 0 radical (unpaired) electrons. The van der Waals surface area contributed by atoms with Crippen LogP contribution in [-0.4, -0.2) is 20.4 Å². The third-order valence-corrected chi connectivity index (χ3v) is 6.20. The number of nitrogens with one attached hydrogen (secondary N) is 2. The first kappa shape index (κ1) is 23.3. The van der Waals surface area contributed by atoms with Crippen molar-refractivity contribution in [2.75, 3.05) is 4.72 Å². The molecule has 0 unspecified atom stereocenters. The van der Waals surface area contributed by atoms with Crippen LogP contribution in [0.2, 0.25) is 0 Å². The zero-order valence-electron chi connectivity index (χ0n) is 18.7. The minimum atomic E-state index is -3.76. The maximum Gasteiger partial charge on any atom is 0.261 e. The van der Waals surface area contributed by atoms with Crippen LogP contribution >= 0.6 is 0 Å². The summed E-state index contributed by atoms with van der Waals surface area (Å²) in [5, 5.41) is 2.87. The minimum Gasteiger partial charge on any atom is -0.491 e. The van der Waals surface area contributed by atoms with E-state index in [0.29, 0.717) is 17.8 Å². The average molecular weight is 453 g/mol. The molecule has 0 aliphatic heterocycles. The highest BCUT2D eigenvalue weighted by atomic mass is 32.2. The Balaban J connectivity index is 1.69. The highest BCUT2D eigenvalue weighted by Gasteiger charge is 2.16. The number of ether oxygens (including phenoxy) is 1. The molecular weight excluding hydrogens is 424 g/mol. The van der Waals surface area contributed by atoms with Gasteiger partial charge in [0, 0.05) is 12.1 Å². The van der Waals surface area contributed by atoms with Gasteiger partial charge in [-0.25, -0.2) is 8.42 Å². The van der Waals surface area contributed by atoms with E-state index in [1.54, 1.807) is 49.4 Å². The highest BCUT2D eigenvalue weighted by molar-refractivity contribution is 7.92. The van der Waals surface area contributed by atoms with Gasteiger partial charge >= 0.3 is 0 Å². The summed E-state index contributed by atoms with van der Waals surface area (Å²) in [7, 11) is -3.76. The summed E-state index contributed by atoms with van der Waals surface area (Å²) in [6.07, 6.45) is 0.0970. The normalized spacial score (nSPS) is 11.3. The van der Waals surface area contributed by atoms with Crippen molar-refractivity contribution < 1.29 is 17.9 Å². The molecule has 3 aromatic rings. The van der Waals surface area contributed by atoms with Crippen LogP contribution in [0.5, 0.6) is 5.75 Å². The van der Waals surface area contributed by atoms with E-state index in [0.717, 1.165) is 22.4 Å². The van der Waals surface area contributed by atoms with Crippen LogP contribution in [-0.2, 0) is 16.6 Å². The molecule has 0 spiro atoms. The third kappa shape index (κ3) is 6.11. The molecule has 168 valence electrons. The molecule has 0 saturated heterocycles. The molecule has 0 heterocycles. The first-order valence-electron chi connectivity index (χ1n) is 10.4. The molecule has 1 amide bonds. The van der Waals surface area contributed by atoms with Crippen LogP contribution in [0.25, 0.3) is 0 Å². The first-order valence-corrected chi connectivity index (χ1v) is 11.9. The Morgan fingerprint density at radius 2 is 1.59 bits per heavy atom. The van der Waals surface area contributed by atoms with Crippen molar-refractivity contribution in [1.82, 2.24) is 5.32 Å². The quantitative estimate of drug-likeness (QED) is 0.513. The maximum absolute atomic E-state index is 12.7. The van der Waals surface area contributed by atoms with E-state index in [9.17, 15) is 13.2 Å². The fourth-order valence-corrected chi connectivity index (χ4v) is 4.16. The molecule has 3 aromatic carbocycles. The summed E-state index contributed by atoms with van der Waals surface area (Å²) in [6, 6.07) is 19.1. The molecule has 2 N–H and O–H groups in total. The van der Waals surface area contributed by atoms with E-state index in [2.05, 4.69) is 10.0 Å². The molecule has 6 nitrogen and oxygen atoms in total. The maximum atomic E-state index is 12.7. The van der Waals surface area contributed by atoms with Crippen LogP contribution in [0.15, 0.2) is 71.6 Å². The summed E-state index contributed by atoms with van der Waals surface area (Å²) in [4.78, 5) is 12.8. The van der Waals surface area contributed by atoms with Crippen molar-refractivity contribution in [2.45, 2.75) is 45.2 Å². The number of carbonyl (C=O) groups is 1. The molecule has 7 heteroatoms. The second kappa shape index (κ2) is 9.87. The number of rotatable bonds is 8. The number of benzene rings is 3. The molecule has 0 aliphatic rings. The Labute approximate surface area is 189 Å². The second-order valence-electron chi connectivity index (χ2n) is 7.94. The van der Waals surface area contributed by atoms with Crippen molar-refractivity contribution in [3.05, 3.63) is 89.0 Å². The van der Waals surface area contributed by atoms with E-state index in [4.69, 9.17) is 4.74 Å².